The molecule has 4 aliphatic rings. The van der Waals surface area contributed by atoms with Crippen LogP contribution in [-0.4, -0.2) is 262 Å². The van der Waals surface area contributed by atoms with Gasteiger partial charge in [-0.1, -0.05) is 35.5 Å². The molecule has 3 aromatic rings. The molecule has 3 saturated heterocycles. The Hall–Kier alpha value is -8.08. The van der Waals surface area contributed by atoms with Gasteiger partial charge in [-0.25, -0.2) is 13.5 Å². The molecular formula is C55H72F2N14O14. The van der Waals surface area contributed by atoms with Crippen LogP contribution in [0.2, 0.25) is 0 Å². The lowest BCUT2D eigenvalue weighted by Crippen LogP contribution is -2.50. The van der Waals surface area contributed by atoms with E-state index >= 15 is 0 Å². The fourth-order valence-electron chi connectivity index (χ4n) is 10.4. The average molecular weight is 1190 g/mol. The fraction of sp³-hybridized carbons (Fsp3) is 0.564. The minimum absolute atomic E-state index is 0.0266. The van der Waals surface area contributed by atoms with Crippen LogP contribution < -0.4 is 21.3 Å². The van der Waals surface area contributed by atoms with Crippen LogP contribution in [0.25, 0.3) is 11.3 Å². The first-order valence-corrected chi connectivity index (χ1v) is 28.0. The number of amides is 6. The van der Waals surface area contributed by atoms with E-state index in [0.29, 0.717) is 43.0 Å². The molecule has 7 N–H and O–H groups in total. The molecule has 0 unspecified atom stereocenters. The van der Waals surface area contributed by atoms with Crippen LogP contribution in [0.15, 0.2) is 48.7 Å². The number of carbonyl (C=O) groups is 9. The Labute approximate surface area is 488 Å². The molecule has 6 amide bonds. The first-order valence-electron chi connectivity index (χ1n) is 28.0. The van der Waals surface area contributed by atoms with Gasteiger partial charge in [0.05, 0.1) is 78.0 Å². The van der Waals surface area contributed by atoms with E-state index in [0.717, 1.165) is 21.6 Å². The van der Waals surface area contributed by atoms with Gasteiger partial charge in [0.1, 0.15) is 17.8 Å². The smallest absolute Gasteiger partial charge is 0.317 e. The second-order valence-corrected chi connectivity index (χ2v) is 21.3. The number of rotatable bonds is 27. The Morgan fingerprint density at radius 2 is 1.32 bits per heavy atom. The molecule has 85 heavy (non-hydrogen) atoms. The topological polar surface area (TPSA) is 355 Å². The lowest BCUT2D eigenvalue weighted by Gasteiger charge is -2.32. The van der Waals surface area contributed by atoms with E-state index in [4.69, 9.17) is 9.47 Å². The zero-order chi connectivity index (χ0) is 61.0. The van der Waals surface area contributed by atoms with Crippen LogP contribution in [0, 0.1) is 17.2 Å². The van der Waals surface area contributed by atoms with E-state index in [1.807, 2.05) is 23.1 Å². The molecule has 28 nitrogen and oxygen atoms in total. The highest BCUT2D eigenvalue weighted by atomic mass is 19.3. The summed E-state index contributed by atoms with van der Waals surface area (Å²) in [5, 5.41) is 57.0. The highest BCUT2D eigenvalue weighted by Gasteiger charge is 2.50. The first-order chi connectivity index (χ1) is 40.7. The van der Waals surface area contributed by atoms with Gasteiger partial charge < -0.3 is 55.9 Å². The van der Waals surface area contributed by atoms with Crippen molar-refractivity contribution in [1.29, 1.82) is 5.26 Å². The number of nitriles is 1. The highest BCUT2D eigenvalue weighted by molar-refractivity contribution is 5.95. The molecule has 460 valence electrons. The van der Waals surface area contributed by atoms with Gasteiger partial charge in [0.2, 0.25) is 29.5 Å². The Morgan fingerprint density at radius 3 is 1.93 bits per heavy atom. The molecule has 0 spiro atoms. The number of hydrogen-bond acceptors (Lipinski definition) is 18. The van der Waals surface area contributed by atoms with Crippen molar-refractivity contribution in [2.24, 2.45) is 5.92 Å². The summed E-state index contributed by atoms with van der Waals surface area (Å²) in [6.45, 7) is 2.71. The summed E-state index contributed by atoms with van der Waals surface area (Å²) < 4.78 is 40.7. The largest absolute Gasteiger partial charge is 0.480 e. The Morgan fingerprint density at radius 1 is 0.729 bits per heavy atom. The highest BCUT2D eigenvalue weighted by Crippen LogP contribution is 2.34. The van der Waals surface area contributed by atoms with E-state index in [2.05, 4.69) is 31.6 Å². The molecule has 0 radical (unpaired) electrons. The van der Waals surface area contributed by atoms with Gasteiger partial charge >= 0.3 is 17.9 Å². The number of fused-ring (bicyclic) bond motifs is 1. The molecule has 0 bridgehead atoms. The molecule has 30 heteroatoms. The average Bonchev–Trinajstić information content (AvgIpc) is 2.72. The molecule has 4 aliphatic heterocycles. The third-order valence-electron chi connectivity index (χ3n) is 14.9. The van der Waals surface area contributed by atoms with Crippen molar-refractivity contribution < 1.29 is 76.7 Å². The summed E-state index contributed by atoms with van der Waals surface area (Å²) >= 11 is 0. The molecule has 3 atom stereocenters. The van der Waals surface area contributed by atoms with Gasteiger partial charge in [-0.05, 0) is 35.2 Å². The normalized spacial score (nSPS) is 19.7. The predicted octanol–water partition coefficient (Wildman–Crippen LogP) is -1.65. The predicted molar refractivity (Wildman–Crippen MR) is 294 cm³/mol. The minimum Gasteiger partial charge on any atom is -0.480 e. The van der Waals surface area contributed by atoms with Crippen molar-refractivity contribution in [3.63, 3.8) is 0 Å². The molecular weight excluding hydrogens is 1120 g/mol. The zero-order valence-corrected chi connectivity index (χ0v) is 47.0. The number of halogens is 2. The van der Waals surface area contributed by atoms with E-state index < -0.39 is 66.6 Å². The Balaban J connectivity index is 0.736. The van der Waals surface area contributed by atoms with Gasteiger partial charge in [0.15, 0.2) is 0 Å². The summed E-state index contributed by atoms with van der Waals surface area (Å²) in [6.07, 6.45) is 0.852. The van der Waals surface area contributed by atoms with Crippen LogP contribution in [0.4, 0.5) is 8.78 Å². The van der Waals surface area contributed by atoms with E-state index in [9.17, 15) is 72.5 Å². The standard InChI is InChI=1S/C55H72F2N14O14/c56-55(57)26-42(27-58)71(36-55)54(83)44-24-41(53(82)62-44)25-48(74)69-28-39-2-1-3-40(43(39)30-69)29-70-31-45(63-64-70)37-4-6-38(7-5-37)52(81)61-10-9-59-46(72)8-20-84-22-23-85-21-11-60-47(73)32-65-12-14-66(33-49(75)76)16-18-68(35-51(79)80)19-17-67(15-13-65)34-50(77)78/h1-7,31,41-42,44H,8-26,28-30,32-36H2,(H,59,72)(H,60,73)(H,61,81)(H,62,82)(H,75,76)(H,77,78)(H,79,80)/t41-,42+,44+/m1/s1. The van der Waals surface area contributed by atoms with E-state index in [1.165, 1.54) is 0 Å². The van der Waals surface area contributed by atoms with Crippen LogP contribution in [0.5, 0.6) is 0 Å². The molecule has 0 saturated carbocycles. The van der Waals surface area contributed by atoms with Gasteiger partial charge in [-0.2, -0.15) is 5.26 Å². The molecule has 7 rings (SSSR count). The second kappa shape index (κ2) is 31.2. The van der Waals surface area contributed by atoms with Crippen molar-refractivity contribution in [2.75, 3.05) is 131 Å². The third-order valence-corrected chi connectivity index (χ3v) is 14.9. The SMILES string of the molecule is N#C[C@@H]1CC(F)(F)CN1C(=O)[C@@H]1C[C@H](CC(=O)N2Cc3cccc(Cn4cc(-c5ccc(C(=O)NCCNC(=O)CCOCCOCCNC(=O)CN6CCN(CC(=O)O)CCN(CC(=O)O)CCN(CC(=O)O)CC6)cc5)nn4)c3C2)C(=O)N1. The number of likely N-dealkylation sites (tertiary alicyclic amines) is 1. The van der Waals surface area contributed by atoms with Crippen LogP contribution in [0.1, 0.15) is 52.7 Å². The second-order valence-electron chi connectivity index (χ2n) is 21.3. The lowest BCUT2D eigenvalue weighted by atomic mass is 9.99. The number of carboxylic acids is 3. The van der Waals surface area contributed by atoms with Crippen molar-refractivity contribution in [2.45, 2.75) is 63.3 Å². The van der Waals surface area contributed by atoms with Crippen molar-refractivity contribution in [3.05, 3.63) is 70.9 Å². The molecule has 3 fully saturated rings. The van der Waals surface area contributed by atoms with Crippen LogP contribution >= 0.6 is 0 Å². The maximum atomic E-state index is 14.0. The summed E-state index contributed by atoms with van der Waals surface area (Å²) in [4.78, 5) is 121. The summed E-state index contributed by atoms with van der Waals surface area (Å²) in [5.41, 5.74) is 4.42. The number of benzene rings is 2. The maximum absolute atomic E-state index is 14.0. The van der Waals surface area contributed by atoms with Crippen molar-refractivity contribution >= 4 is 53.4 Å². The van der Waals surface area contributed by atoms with Gasteiger partial charge in [-0.3, -0.25) is 62.8 Å². The molecule has 0 aliphatic carbocycles. The third kappa shape index (κ3) is 20.0. The van der Waals surface area contributed by atoms with Crippen LogP contribution in [-0.2, 0) is 67.5 Å². The number of aromatic nitrogens is 3. The number of aliphatic carboxylic acids is 3. The molecule has 2 aromatic carbocycles. The Kier molecular flexibility index (Phi) is 23.6. The van der Waals surface area contributed by atoms with E-state index in [1.54, 1.807) is 60.8 Å². The molecule has 5 heterocycles. The van der Waals surface area contributed by atoms with Gasteiger partial charge in [0, 0.05) is 121 Å². The summed E-state index contributed by atoms with van der Waals surface area (Å²) in [7, 11) is 0. The fourth-order valence-corrected chi connectivity index (χ4v) is 10.4. The number of hydrogen-bond donors (Lipinski definition) is 7. The van der Waals surface area contributed by atoms with Crippen molar-refractivity contribution in [3.8, 4) is 17.3 Å². The summed E-state index contributed by atoms with van der Waals surface area (Å²) in [6, 6.07) is 11.8. The zero-order valence-electron chi connectivity index (χ0n) is 47.0. The minimum atomic E-state index is -3.20. The number of ether oxygens (including phenoxy) is 2. The van der Waals surface area contributed by atoms with E-state index in [-0.39, 0.29) is 161 Å². The monoisotopic (exact) mass is 1190 g/mol. The summed E-state index contributed by atoms with van der Waals surface area (Å²) in [5.74, 6) is -9.67. The lowest BCUT2D eigenvalue weighted by molar-refractivity contribution is -0.140. The number of nitrogens with one attached hydrogen (secondary N) is 4. The van der Waals surface area contributed by atoms with Crippen molar-refractivity contribution in [1.82, 2.24) is 65.7 Å². The van der Waals surface area contributed by atoms with Crippen LogP contribution in [0.3, 0.4) is 0 Å². The quantitative estimate of drug-likeness (QED) is 0.0421. The maximum Gasteiger partial charge on any atom is 0.317 e. The number of carboxylic acid groups (broad SMARTS) is 3. The van der Waals surface area contributed by atoms with Gasteiger partial charge in [-0.15, -0.1) is 5.10 Å². The molecule has 1 aromatic heterocycles. The number of nitrogens with zero attached hydrogens (tertiary/aromatic N) is 10. The number of carbonyl (C=O) groups excluding carboxylic acids is 6. The Bertz CT molecular complexity index is 2880. The first kappa shape index (κ1) is 64.5. The number of alkyl halides is 2. The van der Waals surface area contributed by atoms with Gasteiger partial charge in [0.25, 0.3) is 11.8 Å².